The lowest BCUT2D eigenvalue weighted by molar-refractivity contribution is 0.0945. The fourth-order valence-corrected chi connectivity index (χ4v) is 1.18. The third-order valence-corrected chi connectivity index (χ3v) is 2.04. The van der Waals surface area contributed by atoms with Crippen LogP contribution < -0.4 is 16.6 Å². The molecular formula is C9H11N7O. The smallest absolute Gasteiger partial charge is 0.270 e. The Balaban J connectivity index is 1.95. The van der Waals surface area contributed by atoms with Crippen LogP contribution in [0.25, 0.3) is 0 Å². The number of nitrogen functional groups attached to an aromatic ring is 1. The van der Waals surface area contributed by atoms with E-state index in [9.17, 15) is 4.79 Å². The maximum Gasteiger partial charge on any atom is 0.270 e. The summed E-state index contributed by atoms with van der Waals surface area (Å²) in [6.45, 7) is 0.275. The van der Waals surface area contributed by atoms with Gasteiger partial charge in [0.2, 0.25) is 0 Å². The van der Waals surface area contributed by atoms with Gasteiger partial charge in [0.25, 0.3) is 5.91 Å². The Morgan fingerprint density at radius 1 is 1.41 bits per heavy atom. The highest BCUT2D eigenvalue weighted by Crippen LogP contribution is 2.03. The Hall–Kier alpha value is -2.48. The number of nitrogens with zero attached hydrogens (tertiary/aromatic N) is 3. The maximum atomic E-state index is 11.7. The van der Waals surface area contributed by atoms with Crippen LogP contribution in [0.1, 0.15) is 16.3 Å². The van der Waals surface area contributed by atoms with Gasteiger partial charge in [0, 0.05) is 0 Å². The number of amides is 1. The molecule has 0 radical (unpaired) electrons. The van der Waals surface area contributed by atoms with Gasteiger partial charge in [-0.15, -0.1) is 0 Å². The quantitative estimate of drug-likeness (QED) is 0.414. The number of nitrogens with one attached hydrogen (secondary N) is 3. The van der Waals surface area contributed by atoms with Gasteiger partial charge >= 0.3 is 0 Å². The zero-order valence-corrected chi connectivity index (χ0v) is 8.84. The molecule has 0 atom stereocenters. The summed E-state index contributed by atoms with van der Waals surface area (Å²) in [5.41, 5.74) is 3.37. The molecular weight excluding hydrogens is 222 g/mol. The molecule has 2 rings (SSSR count). The first-order valence-electron chi connectivity index (χ1n) is 4.84. The Morgan fingerprint density at radius 3 is 2.88 bits per heavy atom. The minimum Gasteiger partial charge on any atom is -0.343 e. The number of pyridine rings is 1. The van der Waals surface area contributed by atoms with Crippen LogP contribution in [0, 0.1) is 0 Å². The molecule has 5 N–H and O–H groups in total. The van der Waals surface area contributed by atoms with Crippen molar-refractivity contribution in [3.05, 3.63) is 36.2 Å². The molecule has 0 spiro atoms. The SMILES string of the molecule is NNc1ccc(C(=O)NCc2ncn[nH]2)nc1. The van der Waals surface area contributed by atoms with Gasteiger partial charge in [-0.05, 0) is 12.1 Å². The number of aromatic amines is 1. The molecule has 0 saturated heterocycles. The number of nitrogens with two attached hydrogens (primary N) is 1. The summed E-state index contributed by atoms with van der Waals surface area (Å²) < 4.78 is 0. The van der Waals surface area contributed by atoms with E-state index in [4.69, 9.17) is 5.84 Å². The molecule has 17 heavy (non-hydrogen) atoms. The Labute approximate surface area is 96.6 Å². The van der Waals surface area contributed by atoms with Gasteiger partial charge in [-0.25, -0.2) is 9.97 Å². The third-order valence-electron chi connectivity index (χ3n) is 2.04. The number of carbonyl (C=O) groups excluding carboxylic acids is 1. The topological polar surface area (TPSA) is 122 Å². The predicted molar refractivity (Wildman–Crippen MR) is 59.6 cm³/mol. The summed E-state index contributed by atoms with van der Waals surface area (Å²) in [7, 11) is 0. The second kappa shape index (κ2) is 5.03. The fraction of sp³-hybridized carbons (Fsp3) is 0.111. The van der Waals surface area contributed by atoms with Gasteiger partial charge < -0.3 is 10.7 Å². The highest BCUT2D eigenvalue weighted by atomic mass is 16.1. The molecule has 0 aromatic carbocycles. The molecule has 8 nitrogen and oxygen atoms in total. The van der Waals surface area contributed by atoms with Crippen molar-refractivity contribution in [1.82, 2.24) is 25.5 Å². The van der Waals surface area contributed by atoms with Gasteiger partial charge in [-0.2, -0.15) is 5.10 Å². The van der Waals surface area contributed by atoms with Crippen molar-refractivity contribution >= 4 is 11.6 Å². The summed E-state index contributed by atoms with van der Waals surface area (Å²) in [5, 5.41) is 8.96. The van der Waals surface area contributed by atoms with Crippen molar-refractivity contribution in [2.75, 3.05) is 5.43 Å². The average molecular weight is 233 g/mol. The fourth-order valence-electron chi connectivity index (χ4n) is 1.18. The van der Waals surface area contributed by atoms with Crippen molar-refractivity contribution in [3.63, 3.8) is 0 Å². The van der Waals surface area contributed by atoms with Gasteiger partial charge in [-0.3, -0.25) is 15.7 Å². The van der Waals surface area contributed by atoms with E-state index in [1.807, 2.05) is 0 Å². The molecule has 2 heterocycles. The molecule has 88 valence electrons. The molecule has 2 aromatic rings. The number of hydrazine groups is 1. The van der Waals surface area contributed by atoms with Gasteiger partial charge in [-0.1, -0.05) is 0 Å². The summed E-state index contributed by atoms with van der Waals surface area (Å²) >= 11 is 0. The van der Waals surface area contributed by atoms with Crippen LogP contribution in [0.2, 0.25) is 0 Å². The molecule has 0 bridgehead atoms. The Morgan fingerprint density at radius 2 is 2.29 bits per heavy atom. The van der Waals surface area contributed by atoms with Crippen LogP contribution in [0.5, 0.6) is 0 Å². The first-order chi connectivity index (χ1) is 8.29. The zero-order chi connectivity index (χ0) is 12.1. The van der Waals surface area contributed by atoms with Gasteiger partial charge in [0.15, 0.2) is 0 Å². The Kier molecular flexibility index (Phi) is 3.26. The lowest BCUT2D eigenvalue weighted by Gasteiger charge is -2.03. The molecule has 0 aliphatic rings. The van der Waals surface area contributed by atoms with E-state index in [1.165, 1.54) is 12.5 Å². The largest absolute Gasteiger partial charge is 0.343 e. The second-order valence-corrected chi connectivity index (χ2v) is 3.19. The first-order valence-corrected chi connectivity index (χ1v) is 4.84. The number of H-pyrrole nitrogens is 1. The van der Waals surface area contributed by atoms with E-state index in [1.54, 1.807) is 12.1 Å². The van der Waals surface area contributed by atoms with E-state index in [0.29, 0.717) is 17.2 Å². The number of hydrogen-bond donors (Lipinski definition) is 4. The number of anilines is 1. The standard InChI is InChI=1S/C9H11N7O/c10-15-6-1-2-7(11-3-6)9(17)12-4-8-13-5-14-16-8/h1-3,5,15H,4,10H2,(H,12,17)(H,13,14,16). The van der Waals surface area contributed by atoms with Gasteiger partial charge in [0.05, 0.1) is 18.4 Å². The van der Waals surface area contributed by atoms with Gasteiger partial charge in [0.1, 0.15) is 17.8 Å². The molecule has 1 amide bonds. The van der Waals surface area contributed by atoms with Crippen molar-refractivity contribution in [2.45, 2.75) is 6.54 Å². The minimum atomic E-state index is -0.287. The van der Waals surface area contributed by atoms with Crippen molar-refractivity contribution in [1.29, 1.82) is 0 Å². The number of aromatic nitrogens is 4. The normalized spacial score (nSPS) is 9.94. The summed E-state index contributed by atoms with van der Waals surface area (Å²) in [6.07, 6.45) is 2.85. The van der Waals surface area contributed by atoms with E-state index in [2.05, 4.69) is 30.9 Å². The molecule has 8 heteroatoms. The highest BCUT2D eigenvalue weighted by molar-refractivity contribution is 5.92. The van der Waals surface area contributed by atoms with Crippen LogP contribution in [0.3, 0.4) is 0 Å². The molecule has 0 unspecified atom stereocenters. The van der Waals surface area contributed by atoms with E-state index >= 15 is 0 Å². The minimum absolute atomic E-state index is 0.275. The number of carbonyl (C=O) groups is 1. The summed E-state index contributed by atoms with van der Waals surface area (Å²) in [6, 6.07) is 3.24. The molecule has 0 fully saturated rings. The van der Waals surface area contributed by atoms with Crippen molar-refractivity contribution < 1.29 is 4.79 Å². The van der Waals surface area contributed by atoms with E-state index in [0.717, 1.165) is 0 Å². The van der Waals surface area contributed by atoms with Crippen LogP contribution in [0.4, 0.5) is 5.69 Å². The summed E-state index contributed by atoms with van der Waals surface area (Å²) in [4.78, 5) is 19.5. The molecule has 2 aromatic heterocycles. The zero-order valence-electron chi connectivity index (χ0n) is 8.84. The lowest BCUT2D eigenvalue weighted by atomic mass is 10.3. The first kappa shape index (κ1) is 11.0. The summed E-state index contributed by atoms with van der Waals surface area (Å²) in [5.74, 6) is 5.48. The average Bonchev–Trinajstić information content (AvgIpc) is 2.89. The van der Waals surface area contributed by atoms with Crippen LogP contribution >= 0.6 is 0 Å². The van der Waals surface area contributed by atoms with Crippen molar-refractivity contribution in [3.8, 4) is 0 Å². The third kappa shape index (κ3) is 2.75. The molecule has 0 aliphatic carbocycles. The molecule has 0 saturated carbocycles. The number of rotatable bonds is 4. The monoisotopic (exact) mass is 233 g/mol. The highest BCUT2D eigenvalue weighted by Gasteiger charge is 2.07. The van der Waals surface area contributed by atoms with E-state index in [-0.39, 0.29) is 12.5 Å². The van der Waals surface area contributed by atoms with E-state index < -0.39 is 0 Å². The lowest BCUT2D eigenvalue weighted by Crippen LogP contribution is -2.24. The predicted octanol–water partition coefficient (Wildman–Crippen LogP) is -0.585. The van der Waals surface area contributed by atoms with Crippen LogP contribution in [-0.2, 0) is 6.54 Å². The Bertz CT molecular complexity index is 479. The second-order valence-electron chi connectivity index (χ2n) is 3.19. The number of hydrogen-bond acceptors (Lipinski definition) is 6. The van der Waals surface area contributed by atoms with Crippen LogP contribution in [0.15, 0.2) is 24.7 Å². The molecule has 0 aliphatic heterocycles. The van der Waals surface area contributed by atoms with Crippen LogP contribution in [-0.4, -0.2) is 26.1 Å². The van der Waals surface area contributed by atoms with Crippen molar-refractivity contribution in [2.24, 2.45) is 5.84 Å². The maximum absolute atomic E-state index is 11.7.